The summed E-state index contributed by atoms with van der Waals surface area (Å²) in [5.41, 5.74) is 1.35. The van der Waals surface area contributed by atoms with Crippen molar-refractivity contribution in [2.75, 3.05) is 6.54 Å². The number of halogens is 1. The number of carbonyl (C=O) groups is 1. The molecule has 114 valence electrons. The molecule has 6 heteroatoms. The Morgan fingerprint density at radius 1 is 1.18 bits per heavy atom. The Kier molecular flexibility index (Phi) is 5.49. The summed E-state index contributed by atoms with van der Waals surface area (Å²) in [6, 6.07) is 13.3. The lowest BCUT2D eigenvalue weighted by Crippen LogP contribution is -2.24. The van der Waals surface area contributed by atoms with Crippen LogP contribution in [0, 0.1) is 10.1 Å². The average Bonchev–Trinajstić information content (AvgIpc) is 2.53. The first kappa shape index (κ1) is 16.0. The fourth-order valence-corrected chi connectivity index (χ4v) is 2.13. The summed E-state index contributed by atoms with van der Waals surface area (Å²) >= 11 is 5.81. The van der Waals surface area contributed by atoms with Crippen molar-refractivity contribution in [1.29, 1.82) is 0 Å². The van der Waals surface area contributed by atoms with Gasteiger partial charge >= 0.3 is 0 Å². The molecule has 0 aliphatic heterocycles. The third kappa shape index (κ3) is 4.56. The van der Waals surface area contributed by atoms with Crippen LogP contribution in [0.1, 0.15) is 22.3 Å². The number of rotatable bonds is 6. The summed E-state index contributed by atoms with van der Waals surface area (Å²) in [6.45, 7) is 0.504. The molecule has 0 heterocycles. The monoisotopic (exact) mass is 318 g/mol. The molecule has 1 amide bonds. The van der Waals surface area contributed by atoms with Gasteiger partial charge in [-0.25, -0.2) is 0 Å². The predicted octanol–water partition coefficient (Wildman–Crippen LogP) is 3.61. The average molecular weight is 319 g/mol. The Balaban J connectivity index is 1.81. The van der Waals surface area contributed by atoms with E-state index in [0.717, 1.165) is 18.4 Å². The maximum absolute atomic E-state index is 11.9. The van der Waals surface area contributed by atoms with E-state index in [0.29, 0.717) is 17.1 Å². The molecule has 0 aromatic heterocycles. The van der Waals surface area contributed by atoms with Gasteiger partial charge in [0.15, 0.2) is 0 Å². The van der Waals surface area contributed by atoms with E-state index >= 15 is 0 Å². The highest BCUT2D eigenvalue weighted by Crippen LogP contribution is 2.13. The van der Waals surface area contributed by atoms with Crippen molar-refractivity contribution in [1.82, 2.24) is 5.32 Å². The van der Waals surface area contributed by atoms with Crippen molar-refractivity contribution in [3.8, 4) is 0 Å². The zero-order valence-corrected chi connectivity index (χ0v) is 12.5. The molecule has 0 aliphatic carbocycles. The molecule has 22 heavy (non-hydrogen) atoms. The quantitative estimate of drug-likeness (QED) is 0.502. The van der Waals surface area contributed by atoms with Gasteiger partial charge in [0.25, 0.3) is 11.6 Å². The van der Waals surface area contributed by atoms with Gasteiger partial charge in [-0.3, -0.25) is 14.9 Å². The molecule has 1 N–H and O–H groups in total. The number of carbonyl (C=O) groups excluding carboxylic acids is 1. The largest absolute Gasteiger partial charge is 0.352 e. The van der Waals surface area contributed by atoms with E-state index in [4.69, 9.17) is 11.6 Å². The van der Waals surface area contributed by atoms with Crippen LogP contribution in [-0.2, 0) is 6.42 Å². The van der Waals surface area contributed by atoms with Crippen LogP contribution in [0.5, 0.6) is 0 Å². The minimum absolute atomic E-state index is 0.0891. The van der Waals surface area contributed by atoms with Crippen LogP contribution >= 0.6 is 11.6 Å². The number of nitrogens with one attached hydrogen (secondary N) is 1. The molecule has 2 rings (SSSR count). The lowest BCUT2D eigenvalue weighted by molar-refractivity contribution is -0.384. The highest BCUT2D eigenvalue weighted by molar-refractivity contribution is 6.30. The Labute approximate surface area is 133 Å². The fourth-order valence-electron chi connectivity index (χ4n) is 2.01. The summed E-state index contributed by atoms with van der Waals surface area (Å²) in [5, 5.41) is 14.1. The van der Waals surface area contributed by atoms with E-state index in [9.17, 15) is 14.9 Å². The first-order chi connectivity index (χ1) is 10.6. The number of hydrogen-bond acceptors (Lipinski definition) is 3. The minimum Gasteiger partial charge on any atom is -0.352 e. The Hall–Kier alpha value is -2.40. The highest BCUT2D eigenvalue weighted by atomic mass is 35.5. The van der Waals surface area contributed by atoms with Gasteiger partial charge in [-0.15, -0.1) is 0 Å². The van der Waals surface area contributed by atoms with Crippen LogP contribution in [0.4, 0.5) is 5.69 Å². The Morgan fingerprint density at radius 3 is 2.59 bits per heavy atom. The van der Waals surface area contributed by atoms with Crippen LogP contribution in [0.3, 0.4) is 0 Å². The number of non-ortho nitro benzene ring substituents is 1. The van der Waals surface area contributed by atoms with Gasteiger partial charge in [0.2, 0.25) is 0 Å². The second kappa shape index (κ2) is 7.56. The van der Waals surface area contributed by atoms with Crippen molar-refractivity contribution < 1.29 is 9.72 Å². The van der Waals surface area contributed by atoms with Crippen LogP contribution in [0.25, 0.3) is 0 Å². The van der Waals surface area contributed by atoms with Gasteiger partial charge in [-0.05, 0) is 36.6 Å². The standard InChI is InChI=1S/C16H15ClN2O3/c17-14-8-6-12(7-9-14)3-2-10-18-16(20)13-4-1-5-15(11-13)19(21)22/h1,4-9,11H,2-3,10H2,(H,18,20). The SMILES string of the molecule is O=C(NCCCc1ccc(Cl)cc1)c1cccc([N+](=O)[O-])c1. The molecule has 0 saturated heterocycles. The van der Waals surface area contributed by atoms with Gasteiger partial charge in [-0.2, -0.15) is 0 Å². The fraction of sp³-hybridized carbons (Fsp3) is 0.188. The highest BCUT2D eigenvalue weighted by Gasteiger charge is 2.10. The third-order valence-electron chi connectivity index (χ3n) is 3.16. The van der Waals surface area contributed by atoms with Crippen molar-refractivity contribution in [3.63, 3.8) is 0 Å². The first-order valence-electron chi connectivity index (χ1n) is 6.83. The van der Waals surface area contributed by atoms with Gasteiger partial charge < -0.3 is 5.32 Å². The summed E-state index contributed by atoms with van der Waals surface area (Å²) in [4.78, 5) is 22.1. The number of hydrogen-bond donors (Lipinski definition) is 1. The second-order valence-electron chi connectivity index (χ2n) is 4.79. The van der Waals surface area contributed by atoms with Crippen molar-refractivity contribution >= 4 is 23.2 Å². The number of nitro benzene ring substituents is 1. The van der Waals surface area contributed by atoms with E-state index < -0.39 is 4.92 Å². The number of benzene rings is 2. The van der Waals surface area contributed by atoms with Crippen LogP contribution in [-0.4, -0.2) is 17.4 Å². The minimum atomic E-state index is -0.517. The zero-order chi connectivity index (χ0) is 15.9. The molecule has 0 aliphatic rings. The maximum Gasteiger partial charge on any atom is 0.270 e. The van der Waals surface area contributed by atoms with E-state index in [-0.39, 0.29) is 11.6 Å². The molecule has 0 unspecified atom stereocenters. The topological polar surface area (TPSA) is 72.2 Å². The predicted molar refractivity (Wildman–Crippen MR) is 85.2 cm³/mol. The van der Waals surface area contributed by atoms with Gasteiger partial charge in [0, 0.05) is 29.3 Å². The third-order valence-corrected chi connectivity index (χ3v) is 3.41. The molecule has 0 spiro atoms. The van der Waals surface area contributed by atoms with Gasteiger partial charge in [0.05, 0.1) is 4.92 Å². The molecule has 5 nitrogen and oxygen atoms in total. The second-order valence-corrected chi connectivity index (χ2v) is 5.23. The molecule has 0 bridgehead atoms. The molecular weight excluding hydrogens is 304 g/mol. The van der Waals surface area contributed by atoms with Crippen LogP contribution < -0.4 is 5.32 Å². The number of aryl methyl sites for hydroxylation is 1. The number of nitro groups is 1. The van der Waals surface area contributed by atoms with Crippen LogP contribution in [0.15, 0.2) is 48.5 Å². The van der Waals surface area contributed by atoms with Crippen molar-refractivity contribution in [2.24, 2.45) is 0 Å². The molecule has 0 saturated carbocycles. The van der Waals surface area contributed by atoms with E-state index in [1.54, 1.807) is 6.07 Å². The molecular formula is C16H15ClN2O3. The normalized spacial score (nSPS) is 10.2. The molecule has 0 fully saturated rings. The summed E-state index contributed by atoms with van der Waals surface area (Å²) in [6.07, 6.45) is 1.61. The van der Waals surface area contributed by atoms with E-state index in [1.165, 1.54) is 18.2 Å². The maximum atomic E-state index is 11.9. The first-order valence-corrected chi connectivity index (χ1v) is 7.21. The number of amides is 1. The number of nitrogens with zero attached hydrogens (tertiary/aromatic N) is 1. The van der Waals surface area contributed by atoms with Gasteiger partial charge in [-0.1, -0.05) is 29.8 Å². The molecule has 0 radical (unpaired) electrons. The smallest absolute Gasteiger partial charge is 0.270 e. The summed E-state index contributed by atoms with van der Waals surface area (Å²) < 4.78 is 0. The Bertz CT molecular complexity index is 671. The molecule has 2 aromatic rings. The lowest BCUT2D eigenvalue weighted by atomic mass is 10.1. The molecule has 0 atom stereocenters. The van der Waals surface area contributed by atoms with E-state index in [2.05, 4.69) is 5.32 Å². The summed E-state index contributed by atoms with van der Waals surface area (Å²) in [5.74, 6) is -0.306. The van der Waals surface area contributed by atoms with Crippen molar-refractivity contribution in [2.45, 2.75) is 12.8 Å². The van der Waals surface area contributed by atoms with Gasteiger partial charge in [0.1, 0.15) is 0 Å². The lowest BCUT2D eigenvalue weighted by Gasteiger charge is -2.05. The zero-order valence-electron chi connectivity index (χ0n) is 11.8. The van der Waals surface area contributed by atoms with Crippen LogP contribution in [0.2, 0.25) is 5.02 Å². The molecule has 2 aromatic carbocycles. The summed E-state index contributed by atoms with van der Waals surface area (Å²) in [7, 11) is 0. The Morgan fingerprint density at radius 2 is 1.91 bits per heavy atom. The van der Waals surface area contributed by atoms with E-state index in [1.807, 2.05) is 24.3 Å². The van der Waals surface area contributed by atoms with Crippen molar-refractivity contribution in [3.05, 3.63) is 74.8 Å².